The fourth-order valence-electron chi connectivity index (χ4n) is 5.62. The Morgan fingerprint density at radius 3 is 2.08 bits per heavy atom. The van der Waals surface area contributed by atoms with E-state index in [4.69, 9.17) is 9.97 Å². The minimum atomic E-state index is 0.00709. The third-order valence-corrected chi connectivity index (χ3v) is 7.87. The number of H-pyrrole nitrogens is 1. The van der Waals surface area contributed by atoms with Crippen LogP contribution in [0.25, 0.3) is 33.5 Å². The molecule has 6 nitrogen and oxygen atoms in total. The minimum absolute atomic E-state index is 0.00709. The Morgan fingerprint density at radius 2 is 1.42 bits per heavy atom. The summed E-state index contributed by atoms with van der Waals surface area (Å²) in [6.45, 7) is 8.92. The molecule has 3 aromatic carbocycles. The second kappa shape index (κ2) is 10.0. The third-order valence-electron chi connectivity index (χ3n) is 7.87. The molecule has 0 saturated carbocycles. The second-order valence-corrected chi connectivity index (χ2v) is 10.4. The van der Waals surface area contributed by atoms with E-state index in [1.165, 1.54) is 5.56 Å². The van der Waals surface area contributed by atoms with Crippen molar-refractivity contribution in [1.82, 2.24) is 24.4 Å². The standard InChI is InChI=1S/C32H33N5O/c1-21-8-7-11-28-29(21)35-32(38)37(28)27-16-18-36(19-17-27)20-24-12-14-26(15-13-24)31-30(25-9-5-4-6-10-25)33-22(2)23(3)34-31/h4-15,27H,16-20H2,1-3H3,(H,35,38). The van der Waals surface area contributed by atoms with E-state index in [1.54, 1.807) is 0 Å². The molecule has 0 spiro atoms. The van der Waals surface area contributed by atoms with E-state index in [0.717, 1.165) is 83.0 Å². The number of benzene rings is 3. The Kier molecular flexibility index (Phi) is 6.42. The number of para-hydroxylation sites is 1. The zero-order chi connectivity index (χ0) is 26.2. The van der Waals surface area contributed by atoms with Crippen molar-refractivity contribution < 1.29 is 0 Å². The number of fused-ring (bicyclic) bond motifs is 1. The van der Waals surface area contributed by atoms with Crippen LogP contribution in [0.1, 0.15) is 41.4 Å². The van der Waals surface area contributed by atoms with Gasteiger partial charge in [0.25, 0.3) is 0 Å². The predicted octanol–water partition coefficient (Wildman–Crippen LogP) is 6.22. The van der Waals surface area contributed by atoms with Gasteiger partial charge in [0.15, 0.2) is 0 Å². The molecule has 1 aliphatic rings. The molecule has 0 atom stereocenters. The van der Waals surface area contributed by atoms with Gasteiger partial charge in [0, 0.05) is 36.8 Å². The van der Waals surface area contributed by atoms with Crippen LogP contribution in [0.2, 0.25) is 0 Å². The average Bonchev–Trinajstić information content (AvgIpc) is 3.28. The number of piperidine rings is 1. The molecule has 0 bridgehead atoms. The van der Waals surface area contributed by atoms with E-state index in [-0.39, 0.29) is 11.7 Å². The molecule has 6 rings (SSSR count). The van der Waals surface area contributed by atoms with Crippen molar-refractivity contribution in [2.24, 2.45) is 0 Å². The molecular formula is C32H33N5O. The smallest absolute Gasteiger partial charge is 0.305 e. The average molecular weight is 504 g/mol. The molecule has 0 aliphatic carbocycles. The van der Waals surface area contributed by atoms with E-state index in [1.807, 2.05) is 55.7 Å². The lowest BCUT2D eigenvalue weighted by Gasteiger charge is -2.32. The normalized spacial score (nSPS) is 14.8. The highest BCUT2D eigenvalue weighted by Gasteiger charge is 2.24. The number of hydrogen-bond donors (Lipinski definition) is 1. The van der Waals surface area contributed by atoms with Crippen LogP contribution >= 0.6 is 0 Å². The molecule has 0 amide bonds. The van der Waals surface area contributed by atoms with Crippen molar-refractivity contribution in [2.45, 2.75) is 46.2 Å². The van der Waals surface area contributed by atoms with Gasteiger partial charge < -0.3 is 4.98 Å². The number of aromatic nitrogens is 4. The molecule has 38 heavy (non-hydrogen) atoms. The van der Waals surface area contributed by atoms with Crippen LogP contribution in [-0.4, -0.2) is 37.5 Å². The monoisotopic (exact) mass is 503 g/mol. The van der Waals surface area contributed by atoms with E-state index < -0.39 is 0 Å². The number of likely N-dealkylation sites (tertiary alicyclic amines) is 1. The summed E-state index contributed by atoms with van der Waals surface area (Å²) >= 11 is 0. The summed E-state index contributed by atoms with van der Waals surface area (Å²) in [5.74, 6) is 0. The fourth-order valence-corrected chi connectivity index (χ4v) is 5.62. The fraction of sp³-hybridized carbons (Fsp3) is 0.281. The van der Waals surface area contributed by atoms with Crippen LogP contribution in [0.3, 0.4) is 0 Å². The Hall–Kier alpha value is -4.03. The van der Waals surface area contributed by atoms with Crippen LogP contribution < -0.4 is 5.69 Å². The number of aromatic amines is 1. The molecule has 0 radical (unpaired) electrons. The molecule has 2 aromatic heterocycles. The summed E-state index contributed by atoms with van der Waals surface area (Å²) in [7, 11) is 0. The van der Waals surface area contributed by atoms with Crippen molar-refractivity contribution in [3.63, 3.8) is 0 Å². The first-order valence-corrected chi connectivity index (χ1v) is 13.4. The number of rotatable bonds is 5. The van der Waals surface area contributed by atoms with Gasteiger partial charge in [0.2, 0.25) is 0 Å². The summed E-state index contributed by atoms with van der Waals surface area (Å²) in [6.07, 6.45) is 1.94. The quantitative estimate of drug-likeness (QED) is 0.309. The second-order valence-electron chi connectivity index (χ2n) is 10.4. The summed E-state index contributed by atoms with van der Waals surface area (Å²) in [4.78, 5) is 28.1. The molecule has 1 fully saturated rings. The predicted molar refractivity (Wildman–Crippen MR) is 153 cm³/mol. The third kappa shape index (κ3) is 4.56. The zero-order valence-electron chi connectivity index (χ0n) is 22.2. The van der Waals surface area contributed by atoms with Gasteiger partial charge in [-0.1, -0.05) is 66.7 Å². The first kappa shape index (κ1) is 24.3. The van der Waals surface area contributed by atoms with Crippen molar-refractivity contribution in [3.05, 3.63) is 106 Å². The van der Waals surface area contributed by atoms with Crippen LogP contribution in [-0.2, 0) is 6.54 Å². The minimum Gasteiger partial charge on any atom is -0.305 e. The van der Waals surface area contributed by atoms with Gasteiger partial charge in [-0.3, -0.25) is 9.47 Å². The molecule has 192 valence electrons. The molecule has 6 heteroatoms. The number of nitrogens with zero attached hydrogens (tertiary/aromatic N) is 4. The van der Waals surface area contributed by atoms with Crippen LogP contribution in [0.15, 0.2) is 77.6 Å². The largest absolute Gasteiger partial charge is 0.326 e. The molecule has 5 aromatic rings. The van der Waals surface area contributed by atoms with Crippen molar-refractivity contribution in [2.75, 3.05) is 13.1 Å². The summed E-state index contributed by atoms with van der Waals surface area (Å²) in [5, 5.41) is 0. The van der Waals surface area contributed by atoms with Crippen LogP contribution in [0, 0.1) is 20.8 Å². The number of nitrogens with one attached hydrogen (secondary N) is 1. The topological polar surface area (TPSA) is 66.8 Å². The van der Waals surface area contributed by atoms with Gasteiger partial charge in [-0.25, -0.2) is 14.8 Å². The highest BCUT2D eigenvalue weighted by Crippen LogP contribution is 2.31. The van der Waals surface area contributed by atoms with Crippen molar-refractivity contribution >= 4 is 11.0 Å². The van der Waals surface area contributed by atoms with Gasteiger partial charge in [-0.05, 0) is 50.8 Å². The molecule has 0 unspecified atom stereocenters. The zero-order valence-corrected chi connectivity index (χ0v) is 22.2. The lowest BCUT2D eigenvalue weighted by Crippen LogP contribution is -2.36. The maximum absolute atomic E-state index is 12.7. The van der Waals surface area contributed by atoms with E-state index in [9.17, 15) is 4.79 Å². The highest BCUT2D eigenvalue weighted by atomic mass is 16.1. The van der Waals surface area contributed by atoms with Crippen molar-refractivity contribution in [3.8, 4) is 22.5 Å². The molecule has 1 saturated heterocycles. The number of imidazole rings is 1. The Bertz CT molecular complexity index is 1640. The van der Waals surface area contributed by atoms with Crippen molar-refractivity contribution in [1.29, 1.82) is 0 Å². The number of aryl methyl sites for hydroxylation is 3. The summed E-state index contributed by atoms with van der Waals surface area (Å²) < 4.78 is 1.98. The van der Waals surface area contributed by atoms with E-state index >= 15 is 0 Å². The van der Waals surface area contributed by atoms with Crippen LogP contribution in [0.5, 0.6) is 0 Å². The lowest BCUT2D eigenvalue weighted by molar-refractivity contribution is 0.180. The number of hydrogen-bond acceptors (Lipinski definition) is 4. The maximum Gasteiger partial charge on any atom is 0.326 e. The molecule has 1 aliphatic heterocycles. The Labute approximate surface area is 223 Å². The molecule has 1 N–H and O–H groups in total. The molecule has 3 heterocycles. The summed E-state index contributed by atoms with van der Waals surface area (Å²) in [6, 6.07) is 25.4. The summed E-state index contributed by atoms with van der Waals surface area (Å²) in [5.41, 5.74) is 10.3. The first-order chi connectivity index (χ1) is 18.5. The van der Waals surface area contributed by atoms with Gasteiger partial charge in [0.1, 0.15) is 0 Å². The Balaban J connectivity index is 1.17. The highest BCUT2D eigenvalue weighted by molar-refractivity contribution is 5.79. The van der Waals surface area contributed by atoms with Gasteiger partial charge in [-0.15, -0.1) is 0 Å². The van der Waals surface area contributed by atoms with E-state index in [2.05, 4.69) is 52.3 Å². The van der Waals surface area contributed by atoms with Crippen LogP contribution in [0.4, 0.5) is 0 Å². The first-order valence-electron chi connectivity index (χ1n) is 13.4. The van der Waals surface area contributed by atoms with Gasteiger partial charge in [-0.2, -0.15) is 0 Å². The lowest BCUT2D eigenvalue weighted by atomic mass is 10.0. The van der Waals surface area contributed by atoms with Gasteiger partial charge >= 0.3 is 5.69 Å². The Morgan fingerprint density at radius 1 is 0.789 bits per heavy atom. The SMILES string of the molecule is Cc1nc(-c2ccccc2)c(-c2ccc(CN3CCC(n4c(=O)[nH]c5c(C)cccc54)CC3)cc2)nc1C. The van der Waals surface area contributed by atoms with E-state index in [0.29, 0.717) is 0 Å². The molecular weight excluding hydrogens is 470 g/mol. The maximum atomic E-state index is 12.7. The van der Waals surface area contributed by atoms with Gasteiger partial charge in [0.05, 0.1) is 33.8 Å².